The molecular weight excluding hydrogens is 313 g/mol. The van der Waals surface area contributed by atoms with Crippen molar-refractivity contribution in [3.05, 3.63) is 23.2 Å². The Labute approximate surface area is 123 Å². The molecule has 1 unspecified atom stereocenters. The zero-order chi connectivity index (χ0) is 15.7. The molecular formula is C12H12ClF3N2O3. The van der Waals surface area contributed by atoms with Gasteiger partial charge in [0, 0.05) is 17.6 Å². The first-order valence-electron chi connectivity index (χ1n) is 6.08. The quantitative estimate of drug-likeness (QED) is 0.898. The van der Waals surface area contributed by atoms with Crippen LogP contribution in [0.5, 0.6) is 11.5 Å². The van der Waals surface area contributed by atoms with Crippen LogP contribution in [0.2, 0.25) is 5.02 Å². The monoisotopic (exact) mass is 324 g/mol. The number of carbonyl (C=O) groups is 1. The number of carbonyl (C=O) groups excluding carboxylic acids is 1. The van der Waals surface area contributed by atoms with E-state index in [2.05, 4.69) is 5.32 Å². The lowest BCUT2D eigenvalue weighted by Gasteiger charge is -2.29. The van der Waals surface area contributed by atoms with E-state index < -0.39 is 18.1 Å². The number of ether oxygens (including phenoxy) is 2. The van der Waals surface area contributed by atoms with Crippen molar-refractivity contribution in [3.63, 3.8) is 0 Å². The third-order valence-corrected chi connectivity index (χ3v) is 2.84. The zero-order valence-corrected chi connectivity index (χ0v) is 11.6. The molecule has 9 heteroatoms. The average Bonchev–Trinajstić information content (AvgIpc) is 2.74. The molecule has 0 fully saturated rings. The lowest BCUT2D eigenvalue weighted by atomic mass is 10.3. The van der Waals surface area contributed by atoms with Crippen molar-refractivity contribution in [2.75, 3.05) is 6.54 Å². The molecule has 5 nitrogen and oxygen atoms in total. The molecule has 1 aromatic rings. The van der Waals surface area contributed by atoms with Crippen LogP contribution in [-0.2, 0) is 0 Å². The summed E-state index contributed by atoms with van der Waals surface area (Å²) in [6.07, 6.45) is -4.41. The first-order valence-corrected chi connectivity index (χ1v) is 6.45. The molecule has 1 heterocycles. The Morgan fingerprint density at radius 3 is 2.62 bits per heavy atom. The summed E-state index contributed by atoms with van der Waals surface area (Å²) in [5.74, 6) is -3.62. The van der Waals surface area contributed by atoms with Gasteiger partial charge in [-0.3, -0.25) is 5.32 Å². The Bertz CT molecular complexity index is 553. The molecule has 1 aromatic carbocycles. The fourth-order valence-corrected chi connectivity index (χ4v) is 1.81. The molecule has 1 atom stereocenters. The van der Waals surface area contributed by atoms with Crippen LogP contribution in [0, 0.1) is 0 Å². The second kappa shape index (κ2) is 5.51. The van der Waals surface area contributed by atoms with Gasteiger partial charge in [-0.15, -0.1) is 0 Å². The minimum absolute atomic E-state index is 0.160. The fraction of sp³-hybridized carbons (Fsp3) is 0.417. The predicted octanol–water partition coefficient (Wildman–Crippen LogP) is 3.04. The molecule has 2 rings (SSSR count). The summed E-state index contributed by atoms with van der Waals surface area (Å²) < 4.78 is 49.3. The van der Waals surface area contributed by atoms with Gasteiger partial charge < -0.3 is 14.8 Å². The molecule has 0 saturated carbocycles. The number of hydrogen-bond acceptors (Lipinski definition) is 3. The Morgan fingerprint density at radius 1 is 1.33 bits per heavy atom. The molecule has 2 N–H and O–H groups in total. The van der Waals surface area contributed by atoms with Crippen molar-refractivity contribution in [3.8, 4) is 11.5 Å². The normalized spacial score (nSPS) is 20.2. The van der Waals surface area contributed by atoms with Gasteiger partial charge in [0.25, 0.3) is 0 Å². The van der Waals surface area contributed by atoms with E-state index in [0.29, 0.717) is 6.42 Å². The Kier molecular flexibility index (Phi) is 4.08. The van der Waals surface area contributed by atoms with E-state index in [0.717, 1.165) is 0 Å². The van der Waals surface area contributed by atoms with Crippen molar-refractivity contribution in [2.24, 2.45) is 0 Å². The van der Waals surface area contributed by atoms with Crippen molar-refractivity contribution < 1.29 is 27.4 Å². The van der Waals surface area contributed by atoms with E-state index in [-0.39, 0.29) is 23.1 Å². The Morgan fingerprint density at radius 2 is 2.00 bits per heavy atom. The molecule has 1 aliphatic heterocycles. The second-order valence-corrected chi connectivity index (χ2v) is 4.73. The predicted molar refractivity (Wildman–Crippen MR) is 68.3 cm³/mol. The zero-order valence-electron chi connectivity index (χ0n) is 10.9. The van der Waals surface area contributed by atoms with Crippen molar-refractivity contribution in [2.45, 2.75) is 25.4 Å². The van der Waals surface area contributed by atoms with Crippen molar-refractivity contribution in [1.82, 2.24) is 10.6 Å². The van der Waals surface area contributed by atoms with Gasteiger partial charge >= 0.3 is 18.1 Å². The highest BCUT2D eigenvalue weighted by Gasteiger charge is 2.65. The van der Waals surface area contributed by atoms with Crippen LogP contribution in [0.25, 0.3) is 0 Å². The van der Waals surface area contributed by atoms with E-state index in [4.69, 9.17) is 21.1 Å². The number of hydrogen-bond donors (Lipinski definition) is 2. The van der Waals surface area contributed by atoms with Gasteiger partial charge in [0.05, 0.1) is 0 Å². The van der Waals surface area contributed by atoms with E-state index in [9.17, 15) is 18.0 Å². The number of rotatable bonds is 3. The highest BCUT2D eigenvalue weighted by atomic mass is 35.5. The topological polar surface area (TPSA) is 59.6 Å². The maximum Gasteiger partial charge on any atom is 0.492 e. The highest BCUT2D eigenvalue weighted by Crippen LogP contribution is 2.45. The van der Waals surface area contributed by atoms with Gasteiger partial charge in [0.2, 0.25) is 0 Å². The summed E-state index contributed by atoms with van der Waals surface area (Å²) in [6, 6.07) is 2.72. The van der Waals surface area contributed by atoms with Gasteiger partial charge in [-0.2, -0.15) is 13.2 Å². The van der Waals surface area contributed by atoms with Crippen LogP contribution in [0.1, 0.15) is 13.3 Å². The minimum atomic E-state index is -4.98. The summed E-state index contributed by atoms with van der Waals surface area (Å²) in [5, 5.41) is 4.11. The molecule has 0 radical (unpaired) electrons. The Hall–Kier alpha value is -1.83. The van der Waals surface area contributed by atoms with Crippen LogP contribution < -0.4 is 20.1 Å². The molecule has 0 saturated heterocycles. The van der Waals surface area contributed by atoms with Gasteiger partial charge in [0.15, 0.2) is 11.5 Å². The van der Waals surface area contributed by atoms with Gasteiger partial charge in [0.1, 0.15) is 0 Å². The van der Waals surface area contributed by atoms with Gasteiger partial charge in [-0.1, -0.05) is 18.5 Å². The third kappa shape index (κ3) is 3.10. The number of alkyl halides is 3. The standard InChI is InChI=1S/C12H12ClF3N2O3/c1-2-5-17-10(19)18-12(11(14,15)16)20-8-4-3-7(13)6-9(8)21-12/h3-4,6H,2,5H2,1H3,(H2,17,18,19). The summed E-state index contributed by atoms with van der Waals surface area (Å²) in [4.78, 5) is 11.5. The highest BCUT2D eigenvalue weighted by molar-refractivity contribution is 6.30. The van der Waals surface area contributed by atoms with E-state index in [1.807, 2.05) is 0 Å². The maximum absolute atomic E-state index is 13.2. The Balaban J connectivity index is 2.24. The van der Waals surface area contributed by atoms with Crippen LogP contribution in [0.3, 0.4) is 0 Å². The number of nitrogens with one attached hydrogen (secondary N) is 2. The van der Waals surface area contributed by atoms with Crippen LogP contribution >= 0.6 is 11.6 Å². The summed E-state index contributed by atoms with van der Waals surface area (Å²) in [7, 11) is 0. The van der Waals surface area contributed by atoms with Crippen LogP contribution in [0.4, 0.5) is 18.0 Å². The van der Waals surface area contributed by atoms with E-state index in [1.165, 1.54) is 18.2 Å². The van der Waals surface area contributed by atoms with Crippen molar-refractivity contribution in [1.29, 1.82) is 0 Å². The number of amides is 2. The summed E-state index contributed by atoms with van der Waals surface area (Å²) in [5.41, 5.74) is 0. The summed E-state index contributed by atoms with van der Waals surface area (Å²) >= 11 is 5.69. The number of benzene rings is 1. The third-order valence-electron chi connectivity index (χ3n) is 2.60. The molecule has 2 amide bonds. The molecule has 1 aliphatic rings. The van der Waals surface area contributed by atoms with E-state index in [1.54, 1.807) is 12.2 Å². The first-order chi connectivity index (χ1) is 9.77. The number of halogens is 4. The average molecular weight is 325 g/mol. The van der Waals surface area contributed by atoms with Gasteiger partial charge in [-0.25, -0.2) is 4.79 Å². The molecule has 0 aromatic heterocycles. The maximum atomic E-state index is 13.2. The lowest BCUT2D eigenvalue weighted by Crippen LogP contribution is -2.66. The first kappa shape index (κ1) is 15.6. The molecule has 0 spiro atoms. The lowest BCUT2D eigenvalue weighted by molar-refractivity contribution is -0.317. The SMILES string of the molecule is CCCNC(=O)NC1(C(F)(F)F)Oc2ccc(Cl)cc2O1. The molecule has 0 bridgehead atoms. The van der Waals surface area contributed by atoms with Crippen LogP contribution in [-0.4, -0.2) is 24.7 Å². The smallest absolute Gasteiger partial charge is 0.424 e. The largest absolute Gasteiger partial charge is 0.492 e. The number of fused-ring (bicyclic) bond motifs is 1. The second-order valence-electron chi connectivity index (χ2n) is 4.29. The van der Waals surface area contributed by atoms with Crippen molar-refractivity contribution >= 4 is 17.6 Å². The molecule has 21 heavy (non-hydrogen) atoms. The molecule has 0 aliphatic carbocycles. The molecule has 116 valence electrons. The number of urea groups is 1. The van der Waals surface area contributed by atoms with E-state index >= 15 is 0 Å². The summed E-state index contributed by atoms with van der Waals surface area (Å²) in [6.45, 7) is 1.98. The minimum Gasteiger partial charge on any atom is -0.424 e. The van der Waals surface area contributed by atoms with Crippen LogP contribution in [0.15, 0.2) is 18.2 Å². The fourth-order valence-electron chi connectivity index (χ4n) is 1.65. The van der Waals surface area contributed by atoms with Gasteiger partial charge in [-0.05, 0) is 18.6 Å².